The predicted molar refractivity (Wildman–Crippen MR) is 110 cm³/mol. The molecule has 0 bridgehead atoms. The molecule has 3 rings (SSSR count). The summed E-state index contributed by atoms with van der Waals surface area (Å²) in [6.45, 7) is 4.60. The summed E-state index contributed by atoms with van der Waals surface area (Å²) in [5.74, 6) is 0.604. The van der Waals surface area contributed by atoms with Crippen molar-refractivity contribution in [3.63, 3.8) is 0 Å². The lowest BCUT2D eigenvalue weighted by atomic mass is 10.1. The number of aryl methyl sites for hydroxylation is 2. The number of carbonyl (C=O) groups is 1. The van der Waals surface area contributed by atoms with Crippen molar-refractivity contribution in [1.82, 2.24) is 15.1 Å². The largest absolute Gasteiger partial charge is 0.496 e. The zero-order valence-electron chi connectivity index (χ0n) is 15.6. The Morgan fingerprint density at radius 2 is 1.89 bits per heavy atom. The van der Waals surface area contributed by atoms with Gasteiger partial charge < -0.3 is 10.1 Å². The Morgan fingerprint density at radius 1 is 1.15 bits per heavy atom. The van der Waals surface area contributed by atoms with Crippen molar-refractivity contribution >= 4 is 21.8 Å². The van der Waals surface area contributed by atoms with Crippen LogP contribution in [0.3, 0.4) is 0 Å². The van der Waals surface area contributed by atoms with E-state index in [1.807, 2.05) is 18.5 Å². The van der Waals surface area contributed by atoms with Crippen molar-refractivity contribution < 1.29 is 9.53 Å². The van der Waals surface area contributed by atoms with E-state index in [0.29, 0.717) is 17.9 Å². The molecule has 0 atom stereocenters. The van der Waals surface area contributed by atoms with Gasteiger partial charge in [0.1, 0.15) is 5.75 Å². The molecule has 140 valence electrons. The second-order valence-electron chi connectivity index (χ2n) is 6.36. The number of nitrogens with one attached hydrogen (secondary N) is 1. The van der Waals surface area contributed by atoms with Crippen LogP contribution in [0.15, 0.2) is 53.0 Å². The lowest BCUT2D eigenvalue weighted by molar-refractivity contribution is 0.0954. The first-order valence-electron chi connectivity index (χ1n) is 8.72. The number of benzene rings is 2. The third kappa shape index (κ3) is 4.57. The Labute approximate surface area is 167 Å². The number of nitrogens with zero attached hydrogens (tertiary/aromatic N) is 2. The molecule has 0 spiro atoms. The van der Waals surface area contributed by atoms with Gasteiger partial charge >= 0.3 is 0 Å². The van der Waals surface area contributed by atoms with Crippen molar-refractivity contribution in [3.8, 4) is 11.4 Å². The molecule has 0 aliphatic carbocycles. The van der Waals surface area contributed by atoms with Crippen molar-refractivity contribution in [1.29, 1.82) is 0 Å². The summed E-state index contributed by atoms with van der Waals surface area (Å²) in [5.41, 5.74) is 4.91. The van der Waals surface area contributed by atoms with Crippen LogP contribution in [0, 0.1) is 13.8 Å². The van der Waals surface area contributed by atoms with Gasteiger partial charge in [-0.15, -0.1) is 0 Å². The molecule has 1 aromatic heterocycles. The van der Waals surface area contributed by atoms with E-state index in [-0.39, 0.29) is 5.91 Å². The van der Waals surface area contributed by atoms with Crippen LogP contribution in [-0.4, -0.2) is 29.3 Å². The minimum Gasteiger partial charge on any atom is -0.496 e. The van der Waals surface area contributed by atoms with E-state index in [1.54, 1.807) is 25.3 Å². The standard InChI is InChI=1S/C21H22BrN3O2/c1-14-12-15(2)25(24-14)18-7-4-16(5-8-18)10-11-23-21(26)17-6-9-20(27-3)19(22)13-17/h4-9,12-13H,10-11H2,1-3H3,(H,23,26). The molecule has 2 aromatic carbocycles. The Balaban J connectivity index is 1.56. The van der Waals surface area contributed by atoms with Crippen molar-refractivity contribution in [2.24, 2.45) is 0 Å². The second-order valence-corrected chi connectivity index (χ2v) is 7.21. The highest BCUT2D eigenvalue weighted by Crippen LogP contribution is 2.25. The summed E-state index contributed by atoms with van der Waals surface area (Å²) in [7, 11) is 1.60. The van der Waals surface area contributed by atoms with E-state index >= 15 is 0 Å². The monoisotopic (exact) mass is 427 g/mol. The fourth-order valence-electron chi connectivity index (χ4n) is 2.92. The molecule has 27 heavy (non-hydrogen) atoms. The maximum atomic E-state index is 12.3. The zero-order valence-corrected chi connectivity index (χ0v) is 17.2. The first-order valence-corrected chi connectivity index (χ1v) is 9.51. The first-order chi connectivity index (χ1) is 13.0. The molecule has 0 fully saturated rings. The maximum absolute atomic E-state index is 12.3. The van der Waals surface area contributed by atoms with E-state index in [9.17, 15) is 4.79 Å². The first kappa shape index (κ1) is 19.2. The molecule has 3 aromatic rings. The highest BCUT2D eigenvalue weighted by molar-refractivity contribution is 9.10. The molecule has 1 N–H and O–H groups in total. The average molecular weight is 428 g/mol. The molecule has 1 heterocycles. The van der Waals surface area contributed by atoms with Crippen LogP contribution in [0.25, 0.3) is 5.69 Å². The normalized spacial score (nSPS) is 10.7. The van der Waals surface area contributed by atoms with E-state index in [4.69, 9.17) is 4.74 Å². The number of halogens is 1. The smallest absolute Gasteiger partial charge is 0.251 e. The minimum atomic E-state index is -0.0994. The van der Waals surface area contributed by atoms with Crippen molar-refractivity contribution in [3.05, 3.63) is 75.5 Å². The number of amides is 1. The second kappa shape index (κ2) is 8.39. The summed E-state index contributed by atoms with van der Waals surface area (Å²) >= 11 is 3.40. The van der Waals surface area contributed by atoms with Gasteiger partial charge in [0.05, 0.1) is 23.0 Å². The third-order valence-electron chi connectivity index (χ3n) is 4.30. The van der Waals surface area contributed by atoms with Gasteiger partial charge in [-0.25, -0.2) is 4.68 Å². The molecule has 0 unspecified atom stereocenters. The number of aromatic nitrogens is 2. The zero-order chi connectivity index (χ0) is 19.4. The third-order valence-corrected chi connectivity index (χ3v) is 4.92. The van der Waals surface area contributed by atoms with E-state index in [0.717, 1.165) is 33.5 Å². The van der Waals surface area contributed by atoms with Crippen LogP contribution >= 0.6 is 15.9 Å². The lowest BCUT2D eigenvalue weighted by Gasteiger charge is -2.09. The van der Waals surface area contributed by atoms with Crippen LogP contribution in [0.2, 0.25) is 0 Å². The molecule has 0 aliphatic rings. The number of methoxy groups -OCH3 is 1. The van der Waals surface area contributed by atoms with Gasteiger partial charge in [-0.05, 0) is 78.2 Å². The van der Waals surface area contributed by atoms with Crippen LogP contribution in [0.1, 0.15) is 27.3 Å². The minimum absolute atomic E-state index is 0.0994. The van der Waals surface area contributed by atoms with Crippen molar-refractivity contribution in [2.75, 3.05) is 13.7 Å². The summed E-state index contributed by atoms with van der Waals surface area (Å²) in [5, 5.41) is 7.45. The molecular formula is C21H22BrN3O2. The molecule has 0 aliphatic heterocycles. The molecule has 0 saturated carbocycles. The van der Waals surface area contributed by atoms with Crippen molar-refractivity contribution in [2.45, 2.75) is 20.3 Å². The maximum Gasteiger partial charge on any atom is 0.251 e. The van der Waals surface area contributed by atoms with Gasteiger partial charge in [0.2, 0.25) is 0 Å². The Kier molecular flexibility index (Phi) is 5.96. The number of carbonyl (C=O) groups excluding carboxylic acids is 1. The summed E-state index contributed by atoms with van der Waals surface area (Å²) < 4.78 is 7.88. The Bertz CT molecular complexity index is 949. The lowest BCUT2D eigenvalue weighted by Crippen LogP contribution is -2.25. The number of hydrogen-bond donors (Lipinski definition) is 1. The number of rotatable bonds is 6. The highest BCUT2D eigenvalue weighted by Gasteiger charge is 2.09. The van der Waals surface area contributed by atoms with Gasteiger partial charge in [0.15, 0.2) is 0 Å². The molecule has 5 nitrogen and oxygen atoms in total. The van der Waals surface area contributed by atoms with Gasteiger partial charge in [0.25, 0.3) is 5.91 Å². The van der Waals surface area contributed by atoms with Crippen LogP contribution in [0.4, 0.5) is 0 Å². The van der Waals surface area contributed by atoms with Gasteiger partial charge in [-0.3, -0.25) is 4.79 Å². The quantitative estimate of drug-likeness (QED) is 0.639. The van der Waals surface area contributed by atoms with Gasteiger partial charge in [0, 0.05) is 17.8 Å². The molecular weight excluding hydrogens is 406 g/mol. The van der Waals surface area contributed by atoms with Crippen LogP contribution in [0.5, 0.6) is 5.75 Å². The van der Waals surface area contributed by atoms with Crippen LogP contribution in [-0.2, 0) is 6.42 Å². The number of ether oxygens (including phenoxy) is 1. The van der Waals surface area contributed by atoms with E-state index in [1.165, 1.54) is 0 Å². The fourth-order valence-corrected chi connectivity index (χ4v) is 3.46. The number of hydrogen-bond acceptors (Lipinski definition) is 3. The predicted octanol–water partition coefficient (Wildman–Crippen LogP) is 4.23. The summed E-state index contributed by atoms with van der Waals surface area (Å²) in [4.78, 5) is 12.3. The Morgan fingerprint density at radius 3 is 2.48 bits per heavy atom. The Hall–Kier alpha value is -2.60. The molecule has 0 radical (unpaired) electrons. The summed E-state index contributed by atoms with van der Waals surface area (Å²) in [6.07, 6.45) is 0.764. The average Bonchev–Trinajstić information content (AvgIpc) is 3.00. The molecule has 0 saturated heterocycles. The van der Waals surface area contributed by atoms with Crippen LogP contribution < -0.4 is 10.1 Å². The fraction of sp³-hybridized carbons (Fsp3) is 0.238. The molecule has 6 heteroatoms. The van der Waals surface area contributed by atoms with E-state index < -0.39 is 0 Å². The van der Waals surface area contributed by atoms with Gasteiger partial charge in [-0.1, -0.05) is 12.1 Å². The molecule has 1 amide bonds. The SMILES string of the molecule is COc1ccc(C(=O)NCCc2ccc(-n3nc(C)cc3C)cc2)cc1Br. The summed E-state index contributed by atoms with van der Waals surface area (Å²) in [6, 6.07) is 15.6. The van der Waals surface area contributed by atoms with E-state index in [2.05, 4.69) is 56.7 Å². The topological polar surface area (TPSA) is 56.1 Å². The highest BCUT2D eigenvalue weighted by atomic mass is 79.9. The van der Waals surface area contributed by atoms with Gasteiger partial charge in [-0.2, -0.15) is 5.10 Å².